The molecule has 0 heterocycles. The molecule has 3 nitrogen and oxygen atoms in total. The number of hydrogen-bond acceptors (Lipinski definition) is 2. The normalized spacial score (nSPS) is 11.4. The van der Waals surface area contributed by atoms with Crippen molar-refractivity contribution < 1.29 is 9.53 Å². The minimum Gasteiger partial charge on any atom is -0.443 e. The number of amides is 1. The van der Waals surface area contributed by atoms with Gasteiger partial charge in [-0.25, -0.2) is 10.1 Å². The highest BCUT2D eigenvalue weighted by molar-refractivity contribution is 5.78. The highest BCUT2D eigenvalue weighted by Gasteiger charge is 2.20. The molecule has 105 valence electrons. The minimum atomic E-state index is -0.539. The highest BCUT2D eigenvalue weighted by Crippen LogP contribution is 2.38. The van der Waals surface area contributed by atoms with E-state index < -0.39 is 6.09 Å². The lowest BCUT2D eigenvalue weighted by atomic mass is 10.0. The second-order valence-corrected chi connectivity index (χ2v) is 4.96. The molecule has 0 fully saturated rings. The largest absolute Gasteiger partial charge is 0.443 e. The molecule has 2 aromatic carbocycles. The molecule has 3 rings (SSSR count). The summed E-state index contributed by atoms with van der Waals surface area (Å²) in [5.41, 5.74) is 6.13. The zero-order chi connectivity index (χ0) is 14.7. The number of hydrogen-bond donors (Lipinski definition) is 0. The van der Waals surface area contributed by atoms with Crippen molar-refractivity contribution in [3.8, 4) is 11.1 Å². The van der Waals surface area contributed by atoms with Gasteiger partial charge >= 0.3 is 6.09 Å². The SMILES string of the molecule is C=CC[N]C(=O)OCc1cccc2c1Cc1ccccc1-2. The predicted molar refractivity (Wildman–Crippen MR) is 82.1 cm³/mol. The Balaban J connectivity index is 1.77. The van der Waals surface area contributed by atoms with Gasteiger partial charge in [0.2, 0.25) is 0 Å². The Hall–Kier alpha value is -2.55. The molecule has 0 unspecified atom stereocenters. The van der Waals surface area contributed by atoms with E-state index in [1.807, 2.05) is 12.1 Å². The van der Waals surface area contributed by atoms with E-state index in [2.05, 4.69) is 42.2 Å². The molecule has 0 saturated carbocycles. The van der Waals surface area contributed by atoms with E-state index in [9.17, 15) is 4.79 Å². The van der Waals surface area contributed by atoms with Gasteiger partial charge in [0, 0.05) is 0 Å². The van der Waals surface area contributed by atoms with E-state index in [0.29, 0.717) is 0 Å². The molecule has 0 spiro atoms. The Morgan fingerprint density at radius 3 is 2.86 bits per heavy atom. The Bertz CT molecular complexity index is 691. The van der Waals surface area contributed by atoms with E-state index in [-0.39, 0.29) is 13.2 Å². The fourth-order valence-corrected chi connectivity index (χ4v) is 2.68. The van der Waals surface area contributed by atoms with Crippen LogP contribution in [0, 0.1) is 0 Å². The van der Waals surface area contributed by atoms with Crippen LogP contribution in [0.1, 0.15) is 16.7 Å². The highest BCUT2D eigenvalue weighted by atomic mass is 16.5. The Kier molecular flexibility index (Phi) is 3.73. The maximum Gasteiger partial charge on any atom is 0.429 e. The third-order valence-electron chi connectivity index (χ3n) is 3.65. The van der Waals surface area contributed by atoms with Crippen molar-refractivity contribution in [2.75, 3.05) is 6.54 Å². The molecule has 0 atom stereocenters. The van der Waals surface area contributed by atoms with Gasteiger partial charge in [0.05, 0.1) is 6.54 Å². The van der Waals surface area contributed by atoms with Crippen LogP contribution < -0.4 is 5.32 Å². The molecule has 1 aliphatic rings. The van der Waals surface area contributed by atoms with Crippen LogP contribution in [0.3, 0.4) is 0 Å². The Morgan fingerprint density at radius 1 is 1.19 bits per heavy atom. The summed E-state index contributed by atoms with van der Waals surface area (Å²) >= 11 is 0. The Labute approximate surface area is 124 Å². The summed E-state index contributed by atoms with van der Waals surface area (Å²) in [7, 11) is 0. The van der Waals surface area contributed by atoms with Crippen LogP contribution in [0.5, 0.6) is 0 Å². The summed E-state index contributed by atoms with van der Waals surface area (Å²) in [4.78, 5) is 11.5. The van der Waals surface area contributed by atoms with E-state index in [1.54, 1.807) is 6.08 Å². The summed E-state index contributed by atoms with van der Waals surface area (Å²) in [5, 5.41) is 3.71. The maximum atomic E-state index is 11.5. The van der Waals surface area contributed by atoms with Crippen LogP contribution in [-0.4, -0.2) is 12.6 Å². The summed E-state index contributed by atoms with van der Waals surface area (Å²) < 4.78 is 5.20. The van der Waals surface area contributed by atoms with Gasteiger partial charge in [0.25, 0.3) is 0 Å². The lowest BCUT2D eigenvalue weighted by Crippen LogP contribution is -2.17. The molecular formula is C18H16NO2. The number of benzene rings is 2. The molecule has 1 amide bonds. The first-order valence-electron chi connectivity index (χ1n) is 6.94. The average Bonchev–Trinajstić information content (AvgIpc) is 2.90. The molecule has 1 radical (unpaired) electrons. The van der Waals surface area contributed by atoms with Crippen molar-refractivity contribution in [1.29, 1.82) is 0 Å². The fourth-order valence-electron chi connectivity index (χ4n) is 2.68. The second-order valence-electron chi connectivity index (χ2n) is 4.96. The summed E-state index contributed by atoms with van der Waals surface area (Å²) in [6, 6.07) is 14.5. The van der Waals surface area contributed by atoms with Gasteiger partial charge in [-0.3, -0.25) is 0 Å². The molecule has 2 aromatic rings. The molecule has 3 heteroatoms. The molecule has 0 bridgehead atoms. The van der Waals surface area contributed by atoms with Gasteiger partial charge in [0.15, 0.2) is 0 Å². The van der Waals surface area contributed by atoms with Crippen LogP contribution >= 0.6 is 0 Å². The van der Waals surface area contributed by atoms with Crippen LogP contribution in [0.25, 0.3) is 11.1 Å². The van der Waals surface area contributed by atoms with Gasteiger partial charge < -0.3 is 4.74 Å². The molecular weight excluding hydrogens is 262 g/mol. The van der Waals surface area contributed by atoms with E-state index in [1.165, 1.54) is 22.3 Å². The van der Waals surface area contributed by atoms with Crippen LogP contribution in [0.2, 0.25) is 0 Å². The zero-order valence-corrected chi connectivity index (χ0v) is 11.7. The lowest BCUT2D eigenvalue weighted by molar-refractivity contribution is 0.139. The number of fused-ring (bicyclic) bond motifs is 3. The van der Waals surface area contributed by atoms with Gasteiger partial charge in [-0.1, -0.05) is 48.5 Å². The summed E-state index contributed by atoms with van der Waals surface area (Å²) in [6.07, 6.45) is 1.92. The predicted octanol–water partition coefficient (Wildman–Crippen LogP) is 3.68. The lowest BCUT2D eigenvalue weighted by Gasteiger charge is -2.09. The van der Waals surface area contributed by atoms with Crippen molar-refractivity contribution >= 4 is 6.09 Å². The van der Waals surface area contributed by atoms with Crippen LogP contribution in [0.4, 0.5) is 4.79 Å². The third-order valence-corrected chi connectivity index (χ3v) is 3.65. The van der Waals surface area contributed by atoms with Gasteiger partial charge in [-0.2, -0.15) is 0 Å². The van der Waals surface area contributed by atoms with Crippen molar-refractivity contribution in [3.63, 3.8) is 0 Å². The first-order valence-corrected chi connectivity index (χ1v) is 6.94. The van der Waals surface area contributed by atoms with Gasteiger partial charge in [-0.15, -0.1) is 6.58 Å². The van der Waals surface area contributed by atoms with Crippen LogP contribution in [0.15, 0.2) is 55.1 Å². The van der Waals surface area contributed by atoms with Gasteiger partial charge in [-0.05, 0) is 34.2 Å². The van der Waals surface area contributed by atoms with Crippen molar-refractivity contribution in [2.45, 2.75) is 13.0 Å². The third kappa shape index (κ3) is 2.68. The molecule has 0 aromatic heterocycles. The van der Waals surface area contributed by atoms with Crippen LogP contribution in [-0.2, 0) is 17.8 Å². The fraction of sp³-hybridized carbons (Fsp3) is 0.167. The standard InChI is InChI=1S/C18H16NO2/c1-2-10-19-18(20)21-12-14-7-5-9-16-15-8-4-3-6-13(15)11-17(14)16/h2-9H,1,10-12H2. The second kappa shape index (κ2) is 5.83. The molecule has 21 heavy (non-hydrogen) atoms. The Morgan fingerprint density at radius 2 is 2.00 bits per heavy atom. The molecule has 0 saturated heterocycles. The first kappa shape index (κ1) is 13.4. The monoisotopic (exact) mass is 278 g/mol. The number of carbonyl (C=O) groups excluding carboxylic acids is 1. The zero-order valence-electron chi connectivity index (χ0n) is 11.7. The number of rotatable bonds is 4. The van der Waals surface area contributed by atoms with E-state index in [0.717, 1.165) is 12.0 Å². The average molecular weight is 278 g/mol. The van der Waals surface area contributed by atoms with Crippen molar-refractivity contribution in [2.24, 2.45) is 0 Å². The summed E-state index contributed by atoms with van der Waals surface area (Å²) in [5.74, 6) is 0. The maximum absolute atomic E-state index is 11.5. The summed E-state index contributed by atoms with van der Waals surface area (Å²) in [6.45, 7) is 4.07. The van der Waals surface area contributed by atoms with Crippen molar-refractivity contribution in [1.82, 2.24) is 5.32 Å². The smallest absolute Gasteiger partial charge is 0.429 e. The number of nitrogens with zero attached hydrogens (tertiary/aromatic N) is 1. The quantitative estimate of drug-likeness (QED) is 0.683. The van der Waals surface area contributed by atoms with Gasteiger partial charge in [0.1, 0.15) is 6.61 Å². The topological polar surface area (TPSA) is 40.4 Å². The number of ether oxygens (including phenoxy) is 1. The molecule has 1 aliphatic carbocycles. The molecule has 0 N–H and O–H groups in total. The van der Waals surface area contributed by atoms with E-state index >= 15 is 0 Å². The molecule has 0 aliphatic heterocycles. The number of carbonyl (C=O) groups is 1. The van der Waals surface area contributed by atoms with E-state index in [4.69, 9.17) is 4.74 Å². The first-order chi connectivity index (χ1) is 10.3. The van der Waals surface area contributed by atoms with Crippen molar-refractivity contribution in [3.05, 3.63) is 71.8 Å². The minimum absolute atomic E-state index is 0.261.